The van der Waals surface area contributed by atoms with Crippen LogP contribution in [0.5, 0.6) is 0 Å². The molecule has 2 heterocycles. The molecule has 23 heavy (non-hydrogen) atoms. The van der Waals surface area contributed by atoms with Gasteiger partial charge in [0.1, 0.15) is 11.9 Å². The minimum atomic E-state index is -0.475. The van der Waals surface area contributed by atoms with Crippen molar-refractivity contribution in [2.24, 2.45) is 0 Å². The van der Waals surface area contributed by atoms with Gasteiger partial charge in [0.15, 0.2) is 0 Å². The van der Waals surface area contributed by atoms with Crippen LogP contribution in [0, 0.1) is 6.92 Å². The minimum absolute atomic E-state index is 0.209. The van der Waals surface area contributed by atoms with E-state index >= 15 is 0 Å². The van der Waals surface area contributed by atoms with Crippen LogP contribution >= 0.6 is 0 Å². The molecule has 1 unspecified atom stereocenters. The highest BCUT2D eigenvalue weighted by Gasteiger charge is 2.45. The van der Waals surface area contributed by atoms with E-state index in [1.54, 1.807) is 17.0 Å². The molecule has 1 aliphatic rings. The Morgan fingerprint density at radius 3 is 2.43 bits per heavy atom. The molecule has 0 radical (unpaired) electrons. The van der Waals surface area contributed by atoms with E-state index in [4.69, 9.17) is 0 Å². The van der Waals surface area contributed by atoms with Crippen LogP contribution in [0.4, 0.5) is 10.6 Å². The van der Waals surface area contributed by atoms with Crippen LogP contribution in [0.1, 0.15) is 18.2 Å². The number of carbonyl (C=O) groups excluding carboxylic acids is 2. The third-order valence-corrected chi connectivity index (χ3v) is 4.03. The topological polar surface area (TPSA) is 53.5 Å². The first-order valence-electron chi connectivity index (χ1n) is 7.74. The number of hydrogen-bond acceptors (Lipinski definition) is 3. The zero-order valence-corrected chi connectivity index (χ0v) is 13.3. The molecule has 1 aromatic carbocycles. The molecule has 3 rings (SSSR count). The molecule has 0 aliphatic carbocycles. The minimum Gasteiger partial charge on any atom is -0.312 e. The molecule has 1 fully saturated rings. The lowest BCUT2D eigenvalue weighted by molar-refractivity contribution is -0.119. The summed E-state index contributed by atoms with van der Waals surface area (Å²) < 4.78 is 0. The van der Waals surface area contributed by atoms with Crippen molar-refractivity contribution in [3.05, 3.63) is 59.8 Å². The largest absolute Gasteiger partial charge is 0.333 e. The third-order valence-electron chi connectivity index (χ3n) is 4.03. The molecular formula is C18H19N3O2. The summed E-state index contributed by atoms with van der Waals surface area (Å²) in [6.07, 6.45) is 0.515. The summed E-state index contributed by atoms with van der Waals surface area (Å²) in [6.45, 7) is 4.22. The zero-order chi connectivity index (χ0) is 16.4. The zero-order valence-electron chi connectivity index (χ0n) is 13.3. The fourth-order valence-electron chi connectivity index (χ4n) is 2.89. The van der Waals surface area contributed by atoms with E-state index in [2.05, 4.69) is 4.98 Å². The van der Waals surface area contributed by atoms with Crippen molar-refractivity contribution in [2.45, 2.75) is 26.3 Å². The van der Waals surface area contributed by atoms with E-state index < -0.39 is 6.04 Å². The first-order chi connectivity index (χ1) is 11.1. The Balaban J connectivity index is 1.92. The highest BCUT2D eigenvalue weighted by Crippen LogP contribution is 2.25. The molecule has 5 heteroatoms. The van der Waals surface area contributed by atoms with Crippen LogP contribution in [0.25, 0.3) is 0 Å². The number of hydrogen-bond donors (Lipinski definition) is 0. The number of imide groups is 1. The fourth-order valence-corrected chi connectivity index (χ4v) is 2.89. The van der Waals surface area contributed by atoms with Crippen LogP contribution in [-0.4, -0.2) is 34.4 Å². The quantitative estimate of drug-likeness (QED) is 0.816. The van der Waals surface area contributed by atoms with E-state index in [1.165, 1.54) is 4.90 Å². The fraction of sp³-hybridized carbons (Fsp3) is 0.278. The number of aryl methyl sites for hydroxylation is 1. The first kappa shape index (κ1) is 15.2. The molecule has 0 N–H and O–H groups in total. The predicted octanol–water partition coefficient (Wildman–Crippen LogP) is 2.79. The molecule has 3 amide bonds. The Bertz CT molecular complexity index is 730. The SMILES string of the molecule is CCN1C(=O)N(c2cccc(C)n2)C(=O)C1Cc1ccccc1. The summed E-state index contributed by atoms with van der Waals surface area (Å²) >= 11 is 0. The van der Waals surface area contributed by atoms with Gasteiger partial charge in [-0.05, 0) is 31.5 Å². The lowest BCUT2D eigenvalue weighted by atomic mass is 10.1. The second kappa shape index (κ2) is 6.20. The first-order valence-corrected chi connectivity index (χ1v) is 7.74. The van der Waals surface area contributed by atoms with Gasteiger partial charge in [0.2, 0.25) is 0 Å². The lowest BCUT2D eigenvalue weighted by Crippen LogP contribution is -2.36. The molecule has 1 atom stereocenters. The van der Waals surface area contributed by atoms with Crippen molar-refractivity contribution in [3.8, 4) is 0 Å². The maximum atomic E-state index is 12.8. The number of anilines is 1. The van der Waals surface area contributed by atoms with Crippen molar-refractivity contribution >= 4 is 17.8 Å². The van der Waals surface area contributed by atoms with Gasteiger partial charge in [0.25, 0.3) is 5.91 Å². The Kier molecular flexibility index (Phi) is 4.10. The third kappa shape index (κ3) is 2.82. The molecule has 1 aliphatic heterocycles. The monoisotopic (exact) mass is 309 g/mol. The van der Waals surface area contributed by atoms with E-state index in [-0.39, 0.29) is 11.9 Å². The Morgan fingerprint density at radius 2 is 1.78 bits per heavy atom. The van der Waals surface area contributed by atoms with Gasteiger partial charge in [-0.3, -0.25) is 4.79 Å². The second-order valence-corrected chi connectivity index (χ2v) is 5.58. The maximum Gasteiger partial charge on any atom is 0.333 e. The summed E-state index contributed by atoms with van der Waals surface area (Å²) in [5.41, 5.74) is 1.81. The Labute approximate surface area is 135 Å². The van der Waals surface area contributed by atoms with Crippen molar-refractivity contribution in [2.75, 3.05) is 11.4 Å². The van der Waals surface area contributed by atoms with Gasteiger partial charge >= 0.3 is 6.03 Å². The van der Waals surface area contributed by atoms with Crippen LogP contribution in [0.3, 0.4) is 0 Å². The molecule has 1 saturated heterocycles. The number of nitrogens with zero attached hydrogens (tertiary/aromatic N) is 3. The lowest BCUT2D eigenvalue weighted by Gasteiger charge is -2.19. The van der Waals surface area contributed by atoms with E-state index in [0.29, 0.717) is 18.8 Å². The number of amides is 3. The maximum absolute atomic E-state index is 12.8. The predicted molar refractivity (Wildman–Crippen MR) is 88.2 cm³/mol. The highest BCUT2D eigenvalue weighted by molar-refractivity contribution is 6.20. The molecule has 0 saturated carbocycles. The van der Waals surface area contributed by atoms with Crippen molar-refractivity contribution in [3.63, 3.8) is 0 Å². The molecule has 1 aromatic heterocycles. The number of aromatic nitrogens is 1. The summed E-state index contributed by atoms with van der Waals surface area (Å²) in [5.74, 6) is 0.188. The summed E-state index contributed by atoms with van der Waals surface area (Å²) in [5, 5.41) is 0. The average Bonchev–Trinajstić information content (AvgIpc) is 2.78. The van der Waals surface area contributed by atoms with Gasteiger partial charge in [0, 0.05) is 18.7 Å². The Morgan fingerprint density at radius 1 is 1.04 bits per heavy atom. The second-order valence-electron chi connectivity index (χ2n) is 5.58. The molecule has 5 nitrogen and oxygen atoms in total. The molecular weight excluding hydrogens is 290 g/mol. The highest BCUT2D eigenvalue weighted by atomic mass is 16.2. The molecule has 0 spiro atoms. The van der Waals surface area contributed by atoms with E-state index in [9.17, 15) is 9.59 Å². The number of benzene rings is 1. The summed E-state index contributed by atoms with van der Waals surface area (Å²) in [6, 6.07) is 14.3. The standard InChI is InChI=1S/C18H19N3O2/c1-3-20-15(12-14-9-5-4-6-10-14)17(22)21(18(20)23)16-11-7-8-13(2)19-16/h4-11,15H,3,12H2,1-2H3. The van der Waals surface area contributed by atoms with Gasteiger partial charge in [-0.2, -0.15) is 0 Å². The number of pyridine rings is 1. The van der Waals surface area contributed by atoms with Gasteiger partial charge in [0.05, 0.1) is 0 Å². The normalized spacial score (nSPS) is 17.9. The number of carbonyl (C=O) groups is 2. The van der Waals surface area contributed by atoms with E-state index in [1.807, 2.05) is 50.2 Å². The van der Waals surface area contributed by atoms with Crippen molar-refractivity contribution in [1.29, 1.82) is 0 Å². The van der Waals surface area contributed by atoms with Gasteiger partial charge in [-0.15, -0.1) is 0 Å². The smallest absolute Gasteiger partial charge is 0.312 e. The van der Waals surface area contributed by atoms with Gasteiger partial charge < -0.3 is 4.90 Å². The van der Waals surface area contributed by atoms with Crippen LogP contribution < -0.4 is 4.90 Å². The van der Waals surface area contributed by atoms with Crippen LogP contribution in [0.15, 0.2) is 48.5 Å². The van der Waals surface area contributed by atoms with Gasteiger partial charge in [-0.1, -0.05) is 36.4 Å². The average molecular weight is 309 g/mol. The molecule has 2 aromatic rings. The molecule has 118 valence electrons. The van der Waals surface area contributed by atoms with Crippen LogP contribution in [0.2, 0.25) is 0 Å². The van der Waals surface area contributed by atoms with E-state index in [0.717, 1.165) is 11.3 Å². The van der Waals surface area contributed by atoms with Gasteiger partial charge in [-0.25, -0.2) is 14.7 Å². The van der Waals surface area contributed by atoms with Crippen molar-refractivity contribution in [1.82, 2.24) is 9.88 Å². The summed E-state index contributed by atoms with van der Waals surface area (Å²) in [4.78, 5) is 32.6. The number of rotatable bonds is 4. The summed E-state index contributed by atoms with van der Waals surface area (Å²) in [7, 11) is 0. The number of urea groups is 1. The molecule has 0 bridgehead atoms. The Hall–Kier alpha value is -2.69. The van der Waals surface area contributed by atoms with Crippen molar-refractivity contribution < 1.29 is 9.59 Å². The number of likely N-dealkylation sites (N-methyl/N-ethyl adjacent to an activating group) is 1. The van der Waals surface area contributed by atoms with Crippen LogP contribution in [-0.2, 0) is 11.2 Å².